The molecule has 2 aliphatic heterocycles. The number of benzene rings is 1. The molecule has 1 N–H and O–H groups in total. The van der Waals surface area contributed by atoms with Crippen LogP contribution in [0.15, 0.2) is 24.3 Å². The summed E-state index contributed by atoms with van der Waals surface area (Å²) in [5.74, 6) is 1.51. The fourth-order valence-electron chi connectivity index (χ4n) is 5.92. The number of fused-ring (bicyclic) bond motifs is 1. The summed E-state index contributed by atoms with van der Waals surface area (Å²) in [5, 5.41) is 8.15. The molecule has 39 heavy (non-hydrogen) atoms. The van der Waals surface area contributed by atoms with Gasteiger partial charge in [-0.2, -0.15) is 10.1 Å². The maximum absolute atomic E-state index is 14.1. The molecular weight excluding hydrogens is 497 g/mol. The van der Waals surface area contributed by atoms with E-state index >= 15 is 0 Å². The van der Waals surface area contributed by atoms with Crippen LogP contribution in [-0.4, -0.2) is 87.2 Å². The van der Waals surface area contributed by atoms with Crippen LogP contribution in [0.4, 0.5) is 16.2 Å². The van der Waals surface area contributed by atoms with Gasteiger partial charge in [0.15, 0.2) is 0 Å². The molecule has 206 valence electrons. The number of anilines is 2. The molecule has 10 nitrogen and oxygen atoms in total. The van der Waals surface area contributed by atoms with E-state index in [0.29, 0.717) is 36.7 Å². The lowest BCUT2D eigenvalue weighted by molar-refractivity contribution is 0.0985. The van der Waals surface area contributed by atoms with Crippen molar-refractivity contribution < 1.29 is 9.13 Å². The van der Waals surface area contributed by atoms with Crippen molar-refractivity contribution in [3.63, 3.8) is 0 Å². The smallest absolute Gasteiger partial charge is 0.239 e. The normalized spacial score (nSPS) is 19.2. The SMILES string of the molecule is CNc1nc2cc(F)ccc2n1-c1nc(-c2c(C)nn(C3CCN(C)CC3)c2C)cc(N2CCOC[C@H]2C)n1. The molecule has 3 aromatic heterocycles. The van der Waals surface area contributed by atoms with Gasteiger partial charge >= 0.3 is 0 Å². The van der Waals surface area contributed by atoms with Gasteiger partial charge in [-0.05, 0) is 65.9 Å². The van der Waals surface area contributed by atoms with Crippen LogP contribution in [0, 0.1) is 19.7 Å². The predicted molar refractivity (Wildman–Crippen MR) is 150 cm³/mol. The average molecular weight is 534 g/mol. The zero-order valence-electron chi connectivity index (χ0n) is 23.3. The number of aromatic nitrogens is 6. The molecule has 0 bridgehead atoms. The summed E-state index contributed by atoms with van der Waals surface area (Å²) < 4.78 is 23.8. The van der Waals surface area contributed by atoms with E-state index in [1.54, 1.807) is 13.1 Å². The highest BCUT2D eigenvalue weighted by atomic mass is 19.1. The number of hydrogen-bond donors (Lipinski definition) is 1. The standard InChI is InChI=1S/C28H36FN9O/c1-17-16-39-13-12-36(17)25-15-23(26-18(2)34-38(19(26)3)21-8-10-35(5)11-9-21)32-28(33-25)37-24-7-6-20(29)14-22(24)31-27(37)30-4/h6-7,14-15,17,21H,8-13,16H2,1-5H3,(H,30,31)/t17-/m1/s1. The molecule has 0 amide bonds. The summed E-state index contributed by atoms with van der Waals surface area (Å²) in [5.41, 5.74) is 5.17. The highest BCUT2D eigenvalue weighted by Crippen LogP contribution is 2.34. The van der Waals surface area contributed by atoms with Crippen molar-refractivity contribution >= 4 is 22.8 Å². The number of nitrogens with zero attached hydrogens (tertiary/aromatic N) is 8. The lowest BCUT2D eigenvalue weighted by Crippen LogP contribution is -2.44. The molecule has 0 aliphatic carbocycles. The van der Waals surface area contributed by atoms with Crippen LogP contribution in [0.1, 0.15) is 37.2 Å². The second-order valence-electron chi connectivity index (χ2n) is 10.7. The number of imidazole rings is 1. The summed E-state index contributed by atoms with van der Waals surface area (Å²) in [6, 6.07) is 7.20. The second kappa shape index (κ2) is 10.2. The number of ether oxygens (including phenoxy) is 1. The highest BCUT2D eigenvalue weighted by molar-refractivity contribution is 5.81. The minimum Gasteiger partial charge on any atom is -0.377 e. The van der Waals surface area contributed by atoms with E-state index in [-0.39, 0.29) is 11.9 Å². The molecule has 1 atom stereocenters. The van der Waals surface area contributed by atoms with Crippen molar-refractivity contribution in [3.05, 3.63) is 41.5 Å². The Kier molecular flexibility index (Phi) is 6.72. The molecule has 5 heterocycles. The van der Waals surface area contributed by atoms with Crippen LogP contribution in [0.3, 0.4) is 0 Å². The van der Waals surface area contributed by atoms with E-state index in [2.05, 4.69) is 58.7 Å². The quantitative estimate of drug-likeness (QED) is 0.412. The minimum atomic E-state index is -0.333. The van der Waals surface area contributed by atoms with E-state index in [1.807, 2.05) is 4.57 Å². The van der Waals surface area contributed by atoms with Crippen molar-refractivity contribution in [1.82, 2.24) is 34.2 Å². The van der Waals surface area contributed by atoms with E-state index in [1.165, 1.54) is 12.1 Å². The van der Waals surface area contributed by atoms with Gasteiger partial charge in [0.2, 0.25) is 11.9 Å². The number of halogens is 1. The molecule has 1 aromatic carbocycles. The fourth-order valence-corrected chi connectivity index (χ4v) is 5.92. The van der Waals surface area contributed by atoms with Gasteiger partial charge in [-0.3, -0.25) is 4.68 Å². The zero-order chi connectivity index (χ0) is 27.3. The molecule has 0 radical (unpaired) electrons. The molecule has 2 fully saturated rings. The van der Waals surface area contributed by atoms with Gasteiger partial charge in [0, 0.05) is 37.0 Å². The minimum absolute atomic E-state index is 0.163. The molecule has 2 saturated heterocycles. The molecule has 0 spiro atoms. The third-order valence-corrected chi connectivity index (χ3v) is 8.02. The van der Waals surface area contributed by atoms with Crippen LogP contribution >= 0.6 is 0 Å². The third kappa shape index (κ3) is 4.63. The van der Waals surface area contributed by atoms with Crippen molar-refractivity contribution in [2.75, 3.05) is 57.2 Å². The van der Waals surface area contributed by atoms with Crippen LogP contribution in [0.5, 0.6) is 0 Å². The highest BCUT2D eigenvalue weighted by Gasteiger charge is 2.27. The summed E-state index contributed by atoms with van der Waals surface area (Å²) in [6.45, 7) is 10.5. The molecule has 2 aliphatic rings. The molecular formula is C28H36FN9O. The number of likely N-dealkylation sites (tertiary alicyclic amines) is 1. The number of nitrogens with one attached hydrogen (secondary N) is 1. The molecule has 0 unspecified atom stereocenters. The van der Waals surface area contributed by atoms with E-state index in [4.69, 9.17) is 19.8 Å². The summed E-state index contributed by atoms with van der Waals surface area (Å²) >= 11 is 0. The fraction of sp³-hybridized carbons (Fsp3) is 0.500. The Hall–Kier alpha value is -3.57. The van der Waals surface area contributed by atoms with Gasteiger partial charge in [-0.1, -0.05) is 0 Å². The summed E-state index contributed by atoms with van der Waals surface area (Å²) in [6.07, 6.45) is 2.15. The molecule has 11 heteroatoms. The van der Waals surface area contributed by atoms with Crippen LogP contribution in [0.25, 0.3) is 28.2 Å². The van der Waals surface area contributed by atoms with Crippen LogP contribution in [-0.2, 0) is 4.74 Å². The summed E-state index contributed by atoms with van der Waals surface area (Å²) in [7, 11) is 3.97. The van der Waals surface area contributed by atoms with Gasteiger partial charge in [0.1, 0.15) is 11.6 Å². The Morgan fingerprint density at radius 2 is 1.85 bits per heavy atom. The topological polar surface area (TPSA) is 89.2 Å². The van der Waals surface area contributed by atoms with Gasteiger partial charge in [0.25, 0.3) is 0 Å². The number of hydrogen-bond acceptors (Lipinski definition) is 8. The number of piperidine rings is 1. The zero-order valence-corrected chi connectivity index (χ0v) is 23.3. The first kappa shape index (κ1) is 25.7. The van der Waals surface area contributed by atoms with E-state index in [9.17, 15) is 4.39 Å². The van der Waals surface area contributed by atoms with Crippen LogP contribution in [0.2, 0.25) is 0 Å². The first-order chi connectivity index (χ1) is 18.8. The number of morpholine rings is 1. The van der Waals surface area contributed by atoms with Crippen molar-refractivity contribution in [3.8, 4) is 17.2 Å². The van der Waals surface area contributed by atoms with Gasteiger partial charge in [-0.15, -0.1) is 0 Å². The largest absolute Gasteiger partial charge is 0.377 e. The van der Waals surface area contributed by atoms with Crippen molar-refractivity contribution in [2.24, 2.45) is 0 Å². The van der Waals surface area contributed by atoms with Gasteiger partial charge in [-0.25, -0.2) is 18.9 Å². The Balaban J connectivity index is 1.53. The predicted octanol–water partition coefficient (Wildman–Crippen LogP) is 3.97. The Morgan fingerprint density at radius 1 is 1.05 bits per heavy atom. The Morgan fingerprint density at radius 3 is 2.59 bits per heavy atom. The number of aryl methyl sites for hydroxylation is 1. The summed E-state index contributed by atoms with van der Waals surface area (Å²) in [4.78, 5) is 19.4. The second-order valence-corrected chi connectivity index (χ2v) is 10.7. The maximum Gasteiger partial charge on any atom is 0.239 e. The number of rotatable bonds is 5. The first-order valence-electron chi connectivity index (χ1n) is 13.7. The van der Waals surface area contributed by atoms with Crippen molar-refractivity contribution in [2.45, 2.75) is 45.7 Å². The lowest BCUT2D eigenvalue weighted by Gasteiger charge is -2.34. The molecule has 4 aromatic rings. The molecule has 6 rings (SSSR count). The maximum atomic E-state index is 14.1. The molecule has 0 saturated carbocycles. The van der Waals surface area contributed by atoms with Crippen molar-refractivity contribution in [1.29, 1.82) is 0 Å². The van der Waals surface area contributed by atoms with Gasteiger partial charge < -0.3 is 19.9 Å². The third-order valence-electron chi connectivity index (χ3n) is 8.02. The average Bonchev–Trinajstić information content (AvgIpc) is 3.44. The van der Waals surface area contributed by atoms with Crippen LogP contribution < -0.4 is 10.2 Å². The van der Waals surface area contributed by atoms with E-state index < -0.39 is 0 Å². The van der Waals surface area contributed by atoms with Gasteiger partial charge in [0.05, 0.1) is 47.7 Å². The van der Waals surface area contributed by atoms with E-state index in [0.717, 1.165) is 66.5 Å². The first-order valence-corrected chi connectivity index (χ1v) is 13.7. The lowest BCUT2D eigenvalue weighted by atomic mass is 10.0. The Bertz CT molecular complexity index is 1500. The monoisotopic (exact) mass is 533 g/mol. The Labute approximate surface area is 227 Å².